The first-order valence-corrected chi connectivity index (χ1v) is 30.1. The van der Waals surface area contributed by atoms with E-state index in [1.165, 1.54) is 180 Å². The second kappa shape index (κ2) is 57.9. The molecule has 1 atom stereocenters. The van der Waals surface area contributed by atoms with E-state index in [0.29, 0.717) is 19.3 Å². The molecule has 0 aromatic rings. The van der Waals surface area contributed by atoms with Crippen LogP contribution in [0.2, 0.25) is 0 Å². The van der Waals surface area contributed by atoms with E-state index in [1.807, 2.05) is 0 Å². The Bertz CT molecular complexity index is 1200. The van der Waals surface area contributed by atoms with Crippen LogP contribution in [-0.2, 0) is 28.6 Å². The molecule has 0 fully saturated rings. The molecule has 0 heterocycles. The first kappa shape index (κ1) is 66.4. The third kappa shape index (κ3) is 56.2. The maximum Gasteiger partial charge on any atom is 0.306 e. The number of unbranched alkanes of at least 4 members (excludes halogenated alkanes) is 36. The van der Waals surface area contributed by atoms with Gasteiger partial charge in [-0.2, -0.15) is 0 Å². The van der Waals surface area contributed by atoms with Crippen molar-refractivity contribution in [3.05, 3.63) is 48.6 Å². The van der Waals surface area contributed by atoms with Crippen LogP contribution < -0.4 is 0 Å². The molecule has 1 unspecified atom stereocenters. The standard InChI is InChI=1S/C63H114O6/c1-4-7-10-13-16-19-22-25-28-30-31-33-35-38-41-44-47-50-53-56-62(65)68-59-60(58-67-61(64)55-52-49-46-43-40-37-34-27-24-21-18-15-12-9-6-3)69-63(66)57-54-51-48-45-42-39-36-32-29-26-23-20-17-14-11-8-5-2/h8,11,17,20,26,29,36,39,60H,4-7,9-10,12-16,18-19,21-25,27-28,30-35,37-38,40-59H2,1-3H3/b11-8-,20-17-,29-26-,39-36-. The van der Waals surface area contributed by atoms with Crippen LogP contribution in [0.4, 0.5) is 0 Å². The summed E-state index contributed by atoms with van der Waals surface area (Å²) < 4.78 is 16.9. The first-order chi connectivity index (χ1) is 34.0. The minimum atomic E-state index is -0.783. The van der Waals surface area contributed by atoms with Crippen molar-refractivity contribution in [3.63, 3.8) is 0 Å². The molecule has 0 aromatic heterocycles. The summed E-state index contributed by atoms with van der Waals surface area (Å²) in [6.45, 7) is 6.56. The molecule has 0 radical (unpaired) electrons. The van der Waals surface area contributed by atoms with Gasteiger partial charge < -0.3 is 14.2 Å². The molecule has 0 saturated heterocycles. The molecule has 0 aromatic carbocycles. The number of hydrogen-bond acceptors (Lipinski definition) is 6. The van der Waals surface area contributed by atoms with Crippen LogP contribution in [0.3, 0.4) is 0 Å². The topological polar surface area (TPSA) is 78.9 Å². The molecule has 0 aliphatic rings. The highest BCUT2D eigenvalue weighted by Gasteiger charge is 2.19. The van der Waals surface area contributed by atoms with Crippen molar-refractivity contribution in [2.75, 3.05) is 13.2 Å². The molecule has 0 aliphatic heterocycles. The predicted octanol–water partition coefficient (Wildman–Crippen LogP) is 20.2. The quantitative estimate of drug-likeness (QED) is 0.0262. The minimum absolute atomic E-state index is 0.0786. The average Bonchev–Trinajstić information content (AvgIpc) is 3.35. The van der Waals surface area contributed by atoms with Crippen molar-refractivity contribution in [2.45, 2.75) is 322 Å². The lowest BCUT2D eigenvalue weighted by Gasteiger charge is -2.18. The molecule has 0 rings (SSSR count). The Balaban J connectivity index is 4.36. The summed E-state index contributed by atoms with van der Waals surface area (Å²) in [5, 5.41) is 0. The average molecular weight is 968 g/mol. The number of carbonyl (C=O) groups is 3. The normalized spacial score (nSPS) is 12.3. The van der Waals surface area contributed by atoms with Gasteiger partial charge in [-0.1, -0.05) is 288 Å². The summed E-state index contributed by atoms with van der Waals surface area (Å²) in [5.41, 5.74) is 0. The molecule has 6 nitrogen and oxygen atoms in total. The lowest BCUT2D eigenvalue weighted by atomic mass is 10.0. The Morgan fingerprint density at radius 3 is 0.884 bits per heavy atom. The van der Waals surface area contributed by atoms with Gasteiger partial charge in [-0.3, -0.25) is 14.4 Å². The van der Waals surface area contributed by atoms with Crippen molar-refractivity contribution in [2.24, 2.45) is 0 Å². The van der Waals surface area contributed by atoms with Crippen LogP contribution in [0.5, 0.6) is 0 Å². The van der Waals surface area contributed by atoms with E-state index in [-0.39, 0.29) is 31.1 Å². The molecule has 69 heavy (non-hydrogen) atoms. The van der Waals surface area contributed by atoms with E-state index in [2.05, 4.69) is 69.4 Å². The van der Waals surface area contributed by atoms with Gasteiger partial charge in [0.05, 0.1) is 0 Å². The highest BCUT2D eigenvalue weighted by atomic mass is 16.6. The molecule has 0 saturated carbocycles. The number of rotatable bonds is 55. The molecule has 6 heteroatoms. The molecular weight excluding hydrogens is 853 g/mol. The van der Waals surface area contributed by atoms with Gasteiger partial charge in [0.25, 0.3) is 0 Å². The van der Waals surface area contributed by atoms with Crippen molar-refractivity contribution in [3.8, 4) is 0 Å². The summed E-state index contributed by atoms with van der Waals surface area (Å²) in [4.78, 5) is 38.2. The zero-order valence-electron chi connectivity index (χ0n) is 46.1. The maximum absolute atomic E-state index is 12.9. The highest BCUT2D eigenvalue weighted by Crippen LogP contribution is 2.17. The molecule has 402 valence electrons. The summed E-state index contributed by atoms with van der Waals surface area (Å²) in [6.07, 6.45) is 71.0. The Kier molecular flexibility index (Phi) is 55.7. The van der Waals surface area contributed by atoms with Crippen molar-refractivity contribution in [1.82, 2.24) is 0 Å². The van der Waals surface area contributed by atoms with Crippen molar-refractivity contribution in [1.29, 1.82) is 0 Å². The Morgan fingerprint density at radius 1 is 0.304 bits per heavy atom. The largest absolute Gasteiger partial charge is 0.462 e. The van der Waals surface area contributed by atoms with Gasteiger partial charge in [0.1, 0.15) is 13.2 Å². The van der Waals surface area contributed by atoms with Crippen LogP contribution in [0, 0.1) is 0 Å². The molecule has 0 N–H and O–H groups in total. The van der Waals surface area contributed by atoms with Gasteiger partial charge in [-0.25, -0.2) is 0 Å². The molecule has 0 bridgehead atoms. The number of allylic oxidation sites excluding steroid dienone is 8. The monoisotopic (exact) mass is 967 g/mol. The van der Waals surface area contributed by atoms with Gasteiger partial charge >= 0.3 is 17.9 Å². The van der Waals surface area contributed by atoms with E-state index in [1.54, 1.807) is 0 Å². The predicted molar refractivity (Wildman–Crippen MR) is 298 cm³/mol. The lowest BCUT2D eigenvalue weighted by molar-refractivity contribution is -0.167. The Morgan fingerprint density at radius 2 is 0.565 bits per heavy atom. The summed E-state index contributed by atoms with van der Waals surface area (Å²) in [7, 11) is 0. The molecular formula is C63H114O6. The Labute approximate surface area is 428 Å². The highest BCUT2D eigenvalue weighted by molar-refractivity contribution is 5.71. The minimum Gasteiger partial charge on any atom is -0.462 e. The SMILES string of the molecule is CC/C=C\C/C=C\C/C=C\C/C=C\CCCCCCC(=O)OC(COC(=O)CCCCCCCCCCCCCCCCC)COC(=O)CCCCCCCCCCCCCCCCCCCCC. The van der Waals surface area contributed by atoms with Gasteiger partial charge in [-0.05, 0) is 57.8 Å². The van der Waals surface area contributed by atoms with E-state index in [9.17, 15) is 14.4 Å². The van der Waals surface area contributed by atoms with Crippen molar-refractivity contribution < 1.29 is 28.6 Å². The second-order valence-corrected chi connectivity index (χ2v) is 20.2. The van der Waals surface area contributed by atoms with Gasteiger partial charge in [0.2, 0.25) is 0 Å². The van der Waals surface area contributed by atoms with Crippen LogP contribution in [0.25, 0.3) is 0 Å². The zero-order chi connectivity index (χ0) is 50.0. The van der Waals surface area contributed by atoms with Gasteiger partial charge in [0, 0.05) is 19.3 Å². The van der Waals surface area contributed by atoms with Crippen LogP contribution in [0.15, 0.2) is 48.6 Å². The first-order valence-electron chi connectivity index (χ1n) is 30.1. The van der Waals surface area contributed by atoms with E-state index in [4.69, 9.17) is 14.2 Å². The fourth-order valence-corrected chi connectivity index (χ4v) is 8.85. The third-order valence-electron chi connectivity index (χ3n) is 13.3. The van der Waals surface area contributed by atoms with Gasteiger partial charge in [0.15, 0.2) is 6.10 Å². The zero-order valence-corrected chi connectivity index (χ0v) is 46.1. The van der Waals surface area contributed by atoms with Crippen LogP contribution in [-0.4, -0.2) is 37.2 Å². The summed E-state index contributed by atoms with van der Waals surface area (Å²) in [5.74, 6) is -0.882. The smallest absolute Gasteiger partial charge is 0.306 e. The number of esters is 3. The number of carbonyl (C=O) groups excluding carboxylic acids is 3. The fourth-order valence-electron chi connectivity index (χ4n) is 8.85. The number of ether oxygens (including phenoxy) is 3. The van der Waals surface area contributed by atoms with E-state index in [0.717, 1.165) is 96.3 Å². The summed E-state index contributed by atoms with van der Waals surface area (Å²) in [6, 6.07) is 0. The maximum atomic E-state index is 12.9. The van der Waals surface area contributed by atoms with Crippen LogP contribution in [0.1, 0.15) is 316 Å². The van der Waals surface area contributed by atoms with E-state index < -0.39 is 6.10 Å². The second-order valence-electron chi connectivity index (χ2n) is 20.2. The fraction of sp³-hybridized carbons (Fsp3) is 0.825. The van der Waals surface area contributed by atoms with Gasteiger partial charge in [-0.15, -0.1) is 0 Å². The molecule has 0 aliphatic carbocycles. The molecule has 0 spiro atoms. The van der Waals surface area contributed by atoms with Crippen molar-refractivity contribution >= 4 is 17.9 Å². The lowest BCUT2D eigenvalue weighted by Crippen LogP contribution is -2.30. The summed E-state index contributed by atoms with van der Waals surface area (Å²) >= 11 is 0. The van der Waals surface area contributed by atoms with Crippen LogP contribution >= 0.6 is 0 Å². The third-order valence-corrected chi connectivity index (χ3v) is 13.3. The number of hydrogen-bond donors (Lipinski definition) is 0. The Hall–Kier alpha value is -2.63. The molecule has 0 amide bonds. The van der Waals surface area contributed by atoms with E-state index >= 15 is 0 Å².